The first-order valence-corrected chi connectivity index (χ1v) is 6.99. The van der Waals surface area contributed by atoms with Crippen molar-refractivity contribution in [3.05, 3.63) is 64.4 Å². The number of hydrogen-bond acceptors (Lipinski definition) is 2. The Kier molecular flexibility index (Phi) is 3.43. The summed E-state index contributed by atoms with van der Waals surface area (Å²) in [4.78, 5) is 12.4. The van der Waals surface area contributed by atoms with E-state index < -0.39 is 0 Å². The molecule has 2 aromatic carbocycles. The summed E-state index contributed by atoms with van der Waals surface area (Å²) in [5.41, 5.74) is 3.21. The van der Waals surface area contributed by atoms with Crippen LogP contribution in [-0.4, -0.2) is 5.91 Å². The number of aryl methyl sites for hydroxylation is 2. The molecule has 0 aliphatic heterocycles. The number of carbonyl (C=O) groups is 1. The highest BCUT2D eigenvalue weighted by Crippen LogP contribution is 2.31. The van der Waals surface area contributed by atoms with E-state index in [1.165, 1.54) is 0 Å². The van der Waals surface area contributed by atoms with Gasteiger partial charge in [0.2, 0.25) is 0 Å². The van der Waals surface area contributed by atoms with Crippen LogP contribution in [0, 0.1) is 13.8 Å². The molecular weight excluding hydrogens is 286 g/mol. The fourth-order valence-corrected chi connectivity index (χ4v) is 2.46. The molecule has 0 saturated carbocycles. The highest BCUT2D eigenvalue weighted by atomic mass is 35.5. The van der Waals surface area contributed by atoms with Gasteiger partial charge in [0.15, 0.2) is 11.3 Å². The monoisotopic (exact) mass is 299 g/mol. The molecular formula is C17H14ClNO2. The third kappa shape index (κ3) is 2.52. The molecule has 0 radical (unpaired) electrons. The van der Waals surface area contributed by atoms with Crippen LogP contribution in [-0.2, 0) is 0 Å². The zero-order valence-electron chi connectivity index (χ0n) is 11.7. The van der Waals surface area contributed by atoms with Gasteiger partial charge in [-0.1, -0.05) is 41.4 Å². The van der Waals surface area contributed by atoms with E-state index in [2.05, 4.69) is 5.32 Å². The number of amides is 1. The maximum atomic E-state index is 12.4. The average Bonchev–Trinajstić information content (AvgIpc) is 2.81. The number of furan rings is 1. The summed E-state index contributed by atoms with van der Waals surface area (Å²) in [7, 11) is 0. The van der Waals surface area contributed by atoms with Crippen LogP contribution in [0.2, 0.25) is 5.02 Å². The lowest BCUT2D eigenvalue weighted by atomic mass is 10.1. The topological polar surface area (TPSA) is 42.2 Å². The molecule has 0 saturated heterocycles. The molecule has 3 aromatic rings. The quantitative estimate of drug-likeness (QED) is 0.727. The van der Waals surface area contributed by atoms with Gasteiger partial charge in [-0.2, -0.15) is 0 Å². The van der Waals surface area contributed by atoms with E-state index in [-0.39, 0.29) is 5.91 Å². The molecule has 1 N–H and O–H groups in total. The molecule has 0 bridgehead atoms. The first kappa shape index (κ1) is 13.7. The van der Waals surface area contributed by atoms with Crippen molar-refractivity contribution in [3.63, 3.8) is 0 Å². The third-order valence-electron chi connectivity index (χ3n) is 3.43. The summed E-state index contributed by atoms with van der Waals surface area (Å²) in [5, 5.41) is 4.19. The minimum absolute atomic E-state index is 0.274. The number of anilines is 1. The van der Waals surface area contributed by atoms with Crippen LogP contribution < -0.4 is 5.32 Å². The van der Waals surface area contributed by atoms with E-state index in [4.69, 9.17) is 16.0 Å². The van der Waals surface area contributed by atoms with Crippen LogP contribution >= 0.6 is 11.6 Å². The van der Waals surface area contributed by atoms with E-state index in [1.54, 1.807) is 6.07 Å². The van der Waals surface area contributed by atoms with Crippen molar-refractivity contribution in [3.8, 4) is 0 Å². The fraction of sp³-hybridized carbons (Fsp3) is 0.118. The maximum Gasteiger partial charge on any atom is 0.291 e. The number of para-hydroxylation sites is 1. The highest BCUT2D eigenvalue weighted by Gasteiger charge is 2.18. The molecule has 4 heteroatoms. The summed E-state index contributed by atoms with van der Waals surface area (Å²) in [6, 6.07) is 13.1. The van der Waals surface area contributed by atoms with E-state index in [1.807, 2.05) is 50.2 Å². The van der Waals surface area contributed by atoms with Gasteiger partial charge in [-0.15, -0.1) is 0 Å². The smallest absolute Gasteiger partial charge is 0.291 e. The summed E-state index contributed by atoms with van der Waals surface area (Å²) in [5.74, 6) is 0.0160. The van der Waals surface area contributed by atoms with E-state index >= 15 is 0 Å². The van der Waals surface area contributed by atoms with Gasteiger partial charge in [-0.05, 0) is 32.0 Å². The first-order chi connectivity index (χ1) is 10.1. The van der Waals surface area contributed by atoms with Crippen LogP contribution in [0.4, 0.5) is 5.69 Å². The molecule has 3 rings (SSSR count). The van der Waals surface area contributed by atoms with Crippen molar-refractivity contribution in [1.82, 2.24) is 0 Å². The second-order valence-electron chi connectivity index (χ2n) is 4.99. The standard InChI is InChI=1S/C17H14ClNO2/c1-10-6-8-12(9-7-10)19-17(20)15-11(2)13-4-3-5-14(18)16(13)21-15/h3-9H,1-2H3,(H,19,20). The van der Waals surface area contributed by atoms with Crippen molar-refractivity contribution in [1.29, 1.82) is 0 Å². The van der Waals surface area contributed by atoms with Crippen molar-refractivity contribution in [2.24, 2.45) is 0 Å². The summed E-state index contributed by atoms with van der Waals surface area (Å²) in [6.07, 6.45) is 0. The molecule has 0 unspecified atom stereocenters. The largest absolute Gasteiger partial charge is 0.449 e. The van der Waals surface area contributed by atoms with Gasteiger partial charge in [-0.3, -0.25) is 4.79 Å². The van der Waals surface area contributed by atoms with Gasteiger partial charge in [0.05, 0.1) is 5.02 Å². The minimum Gasteiger partial charge on any atom is -0.449 e. The zero-order valence-corrected chi connectivity index (χ0v) is 12.5. The van der Waals surface area contributed by atoms with E-state index in [0.717, 1.165) is 22.2 Å². The SMILES string of the molecule is Cc1ccc(NC(=O)c2oc3c(Cl)cccc3c2C)cc1. The molecule has 0 fully saturated rings. The molecule has 1 heterocycles. The third-order valence-corrected chi connectivity index (χ3v) is 3.73. The molecule has 0 aliphatic carbocycles. The van der Waals surface area contributed by atoms with Gasteiger partial charge >= 0.3 is 0 Å². The predicted octanol–water partition coefficient (Wildman–Crippen LogP) is 4.96. The number of halogens is 1. The summed E-state index contributed by atoms with van der Waals surface area (Å²) in [6.45, 7) is 3.85. The molecule has 0 spiro atoms. The Hall–Kier alpha value is -2.26. The van der Waals surface area contributed by atoms with E-state index in [9.17, 15) is 4.79 Å². The van der Waals surface area contributed by atoms with Crippen LogP contribution in [0.5, 0.6) is 0 Å². The second-order valence-corrected chi connectivity index (χ2v) is 5.40. The number of fused-ring (bicyclic) bond motifs is 1. The Balaban J connectivity index is 1.96. The van der Waals surface area contributed by atoms with Crippen LogP contribution in [0.15, 0.2) is 46.9 Å². The van der Waals surface area contributed by atoms with Crippen molar-refractivity contribution >= 4 is 34.2 Å². The molecule has 0 atom stereocenters. The van der Waals surface area contributed by atoms with Gasteiger partial charge in [0, 0.05) is 16.6 Å². The predicted molar refractivity (Wildman–Crippen MR) is 85.1 cm³/mol. The van der Waals surface area contributed by atoms with Crippen molar-refractivity contribution < 1.29 is 9.21 Å². The van der Waals surface area contributed by atoms with Crippen LogP contribution in [0.3, 0.4) is 0 Å². The van der Waals surface area contributed by atoms with Gasteiger partial charge in [0.1, 0.15) is 0 Å². The zero-order chi connectivity index (χ0) is 15.0. The molecule has 106 valence electrons. The summed E-state index contributed by atoms with van der Waals surface area (Å²) < 4.78 is 5.64. The molecule has 21 heavy (non-hydrogen) atoms. The average molecular weight is 300 g/mol. The number of rotatable bonds is 2. The maximum absolute atomic E-state index is 12.4. The Bertz CT molecular complexity index is 819. The Morgan fingerprint density at radius 1 is 1.10 bits per heavy atom. The van der Waals surface area contributed by atoms with Crippen LogP contribution in [0.25, 0.3) is 11.0 Å². The number of hydrogen-bond donors (Lipinski definition) is 1. The molecule has 0 aliphatic rings. The Labute approximate surface area is 127 Å². The second kappa shape index (κ2) is 5.26. The highest BCUT2D eigenvalue weighted by molar-refractivity contribution is 6.35. The fourth-order valence-electron chi connectivity index (χ4n) is 2.25. The number of nitrogens with one attached hydrogen (secondary N) is 1. The van der Waals surface area contributed by atoms with Gasteiger partial charge < -0.3 is 9.73 Å². The molecule has 1 aromatic heterocycles. The van der Waals surface area contributed by atoms with Gasteiger partial charge in [0.25, 0.3) is 5.91 Å². The molecule has 1 amide bonds. The Morgan fingerprint density at radius 3 is 2.48 bits per heavy atom. The Morgan fingerprint density at radius 2 is 1.81 bits per heavy atom. The van der Waals surface area contributed by atoms with Crippen LogP contribution in [0.1, 0.15) is 21.7 Å². The van der Waals surface area contributed by atoms with Crippen molar-refractivity contribution in [2.45, 2.75) is 13.8 Å². The molecule has 3 nitrogen and oxygen atoms in total. The normalized spacial score (nSPS) is 10.8. The van der Waals surface area contributed by atoms with Gasteiger partial charge in [-0.25, -0.2) is 0 Å². The number of carbonyl (C=O) groups excluding carboxylic acids is 1. The lowest BCUT2D eigenvalue weighted by molar-refractivity contribution is 0.0998. The first-order valence-electron chi connectivity index (χ1n) is 6.62. The lowest BCUT2D eigenvalue weighted by Crippen LogP contribution is -2.11. The summed E-state index contributed by atoms with van der Waals surface area (Å²) >= 11 is 6.10. The van der Waals surface area contributed by atoms with E-state index in [0.29, 0.717) is 16.4 Å². The number of benzene rings is 2. The minimum atomic E-state index is -0.274. The van der Waals surface area contributed by atoms with Crippen molar-refractivity contribution in [2.75, 3.05) is 5.32 Å². The lowest BCUT2D eigenvalue weighted by Gasteiger charge is -2.04.